The number of nitrogens with one attached hydrogen (secondary N) is 1. The van der Waals surface area contributed by atoms with E-state index < -0.39 is 5.91 Å². The second-order valence-corrected chi connectivity index (χ2v) is 4.10. The normalized spacial score (nSPS) is 10.5. The summed E-state index contributed by atoms with van der Waals surface area (Å²) in [6.45, 7) is 2.04. The van der Waals surface area contributed by atoms with Crippen molar-refractivity contribution in [1.29, 1.82) is 0 Å². The molecular weight excluding hydrogens is 210 g/mol. The third-order valence-electron chi connectivity index (χ3n) is 1.75. The molecule has 15 heavy (non-hydrogen) atoms. The molecule has 0 atom stereocenters. The predicted molar refractivity (Wildman–Crippen MR) is 61.0 cm³/mol. The number of aryl methyl sites for hydroxylation is 1. The van der Waals surface area contributed by atoms with Gasteiger partial charge in [0.1, 0.15) is 0 Å². The molecule has 0 heterocycles. The summed E-state index contributed by atoms with van der Waals surface area (Å²) in [5.41, 5.74) is 2.77. The minimum atomic E-state index is -0.500. The Labute approximate surface area is 93.1 Å². The third-order valence-corrected chi connectivity index (χ3v) is 2.71. The predicted octanol–water partition coefficient (Wildman–Crippen LogP) is 2.15. The zero-order valence-corrected chi connectivity index (χ0v) is 9.25. The first kappa shape index (κ1) is 11.8. The molecule has 0 aromatic heterocycles. The third kappa shape index (κ3) is 4.67. The average molecular weight is 223 g/mol. The highest BCUT2D eigenvalue weighted by atomic mass is 32.2. The van der Waals surface area contributed by atoms with E-state index in [1.165, 1.54) is 17.1 Å². The molecule has 1 rings (SSSR count). The van der Waals surface area contributed by atoms with Gasteiger partial charge in [-0.25, -0.2) is 5.48 Å². The zero-order valence-electron chi connectivity index (χ0n) is 8.43. The number of carbonyl (C=O) groups is 1. The smallest absolute Gasteiger partial charge is 0.267 e. The standard InChI is InChI=1S/C11H13NO2S/c1-9-4-6-10(7-5-9)15-8-2-3-11(13)12-14/h2-7,14H,8H2,1H3,(H,12,13)/b3-2+. The van der Waals surface area contributed by atoms with Gasteiger partial charge in [-0.3, -0.25) is 10.0 Å². The Bertz CT molecular complexity index is 346. The van der Waals surface area contributed by atoms with Gasteiger partial charge in [-0.1, -0.05) is 23.8 Å². The van der Waals surface area contributed by atoms with Crippen molar-refractivity contribution in [3.05, 3.63) is 42.0 Å². The molecular formula is C11H13NO2S. The van der Waals surface area contributed by atoms with Crippen molar-refractivity contribution in [1.82, 2.24) is 5.48 Å². The van der Waals surface area contributed by atoms with E-state index in [1.807, 2.05) is 31.2 Å². The van der Waals surface area contributed by atoms with Crippen LogP contribution in [0.2, 0.25) is 0 Å². The lowest BCUT2D eigenvalue weighted by Gasteiger charge is -1.98. The summed E-state index contributed by atoms with van der Waals surface area (Å²) in [7, 11) is 0. The monoisotopic (exact) mass is 223 g/mol. The molecule has 0 saturated carbocycles. The van der Waals surface area contributed by atoms with Gasteiger partial charge < -0.3 is 0 Å². The second-order valence-electron chi connectivity index (χ2n) is 3.00. The van der Waals surface area contributed by atoms with E-state index in [-0.39, 0.29) is 0 Å². The van der Waals surface area contributed by atoms with Crippen LogP contribution in [0.15, 0.2) is 41.3 Å². The Morgan fingerprint density at radius 2 is 2.13 bits per heavy atom. The Hall–Kier alpha value is -1.26. The van der Waals surface area contributed by atoms with Crippen molar-refractivity contribution in [3.8, 4) is 0 Å². The van der Waals surface area contributed by atoms with E-state index in [9.17, 15) is 4.79 Å². The van der Waals surface area contributed by atoms with Crippen molar-refractivity contribution in [3.63, 3.8) is 0 Å². The number of hydrogen-bond acceptors (Lipinski definition) is 3. The van der Waals surface area contributed by atoms with Crippen molar-refractivity contribution in [2.75, 3.05) is 5.75 Å². The average Bonchev–Trinajstić information content (AvgIpc) is 2.26. The Kier molecular flexibility index (Phi) is 4.93. The quantitative estimate of drug-likeness (QED) is 0.356. The number of rotatable bonds is 4. The van der Waals surface area contributed by atoms with Gasteiger partial charge in [0.05, 0.1) is 0 Å². The lowest BCUT2D eigenvalue weighted by Crippen LogP contribution is -2.14. The summed E-state index contributed by atoms with van der Waals surface area (Å²) in [6, 6.07) is 8.18. The molecule has 0 bridgehead atoms. The fourth-order valence-electron chi connectivity index (χ4n) is 0.971. The molecule has 3 nitrogen and oxygen atoms in total. The van der Waals surface area contributed by atoms with E-state index >= 15 is 0 Å². The maximum atomic E-state index is 10.6. The van der Waals surface area contributed by atoms with Crippen LogP contribution in [0.3, 0.4) is 0 Å². The number of thioether (sulfide) groups is 1. The first-order chi connectivity index (χ1) is 7.22. The summed E-state index contributed by atoms with van der Waals surface area (Å²) in [6.07, 6.45) is 3.01. The Morgan fingerprint density at radius 1 is 1.47 bits per heavy atom. The molecule has 4 heteroatoms. The van der Waals surface area contributed by atoms with E-state index in [0.717, 1.165) is 4.90 Å². The van der Waals surface area contributed by atoms with E-state index in [4.69, 9.17) is 5.21 Å². The van der Waals surface area contributed by atoms with Crippen molar-refractivity contribution in [2.45, 2.75) is 11.8 Å². The van der Waals surface area contributed by atoms with Gasteiger partial charge in [0.2, 0.25) is 0 Å². The molecule has 2 N–H and O–H groups in total. The topological polar surface area (TPSA) is 49.3 Å². The fourth-order valence-corrected chi connectivity index (χ4v) is 1.68. The molecule has 0 aliphatic heterocycles. The van der Waals surface area contributed by atoms with E-state index in [2.05, 4.69) is 0 Å². The molecule has 0 saturated heterocycles. The fraction of sp³-hybridized carbons (Fsp3) is 0.182. The van der Waals surface area contributed by atoms with E-state index in [0.29, 0.717) is 5.75 Å². The molecule has 1 aromatic rings. The van der Waals surface area contributed by atoms with Crippen molar-refractivity contribution in [2.24, 2.45) is 0 Å². The molecule has 0 aliphatic rings. The first-order valence-corrected chi connectivity index (χ1v) is 5.51. The van der Waals surface area contributed by atoms with Crippen LogP contribution in [-0.4, -0.2) is 16.9 Å². The van der Waals surface area contributed by atoms with Crippen molar-refractivity contribution < 1.29 is 10.0 Å². The maximum absolute atomic E-state index is 10.6. The minimum absolute atomic E-state index is 0.500. The van der Waals surface area contributed by atoms with Crippen molar-refractivity contribution >= 4 is 17.7 Å². The number of amides is 1. The van der Waals surface area contributed by atoms with Crippen LogP contribution in [0.4, 0.5) is 0 Å². The number of carbonyl (C=O) groups excluding carboxylic acids is 1. The number of benzene rings is 1. The maximum Gasteiger partial charge on any atom is 0.267 e. The molecule has 80 valence electrons. The molecule has 1 amide bonds. The van der Waals surface area contributed by atoms with Crippen LogP contribution in [0, 0.1) is 6.92 Å². The SMILES string of the molecule is Cc1ccc(SC/C=C/C(=O)NO)cc1. The Balaban J connectivity index is 2.35. The highest BCUT2D eigenvalue weighted by Crippen LogP contribution is 2.17. The molecule has 1 aromatic carbocycles. The minimum Gasteiger partial charge on any atom is -0.288 e. The van der Waals surface area contributed by atoms with Gasteiger partial charge in [0.25, 0.3) is 5.91 Å². The summed E-state index contributed by atoms with van der Waals surface area (Å²) in [5.74, 6) is 0.204. The molecule has 0 spiro atoms. The van der Waals surface area contributed by atoms with Gasteiger partial charge >= 0.3 is 0 Å². The van der Waals surface area contributed by atoms with Gasteiger partial charge in [-0.2, -0.15) is 0 Å². The summed E-state index contributed by atoms with van der Waals surface area (Å²) < 4.78 is 0. The van der Waals surface area contributed by atoms with Crippen LogP contribution in [0.5, 0.6) is 0 Å². The summed E-state index contributed by atoms with van der Waals surface area (Å²) >= 11 is 1.63. The molecule has 0 radical (unpaired) electrons. The largest absolute Gasteiger partial charge is 0.288 e. The van der Waals surface area contributed by atoms with Crippen LogP contribution in [-0.2, 0) is 4.79 Å². The zero-order chi connectivity index (χ0) is 11.1. The van der Waals surface area contributed by atoms with Gasteiger partial charge in [-0.05, 0) is 19.1 Å². The lowest BCUT2D eigenvalue weighted by atomic mass is 10.2. The highest BCUT2D eigenvalue weighted by molar-refractivity contribution is 7.99. The summed E-state index contributed by atoms with van der Waals surface area (Å²) in [5, 5.41) is 8.22. The highest BCUT2D eigenvalue weighted by Gasteiger charge is 1.92. The molecule has 0 aliphatic carbocycles. The van der Waals surface area contributed by atoms with Gasteiger partial charge in [0, 0.05) is 16.7 Å². The Morgan fingerprint density at radius 3 is 2.73 bits per heavy atom. The second kappa shape index (κ2) is 6.27. The lowest BCUT2D eigenvalue weighted by molar-refractivity contribution is -0.124. The number of hydroxylamine groups is 1. The molecule has 0 fully saturated rings. The van der Waals surface area contributed by atoms with Crippen LogP contribution in [0.1, 0.15) is 5.56 Å². The number of hydrogen-bond donors (Lipinski definition) is 2. The van der Waals surface area contributed by atoms with Gasteiger partial charge in [0.15, 0.2) is 0 Å². The molecule has 0 unspecified atom stereocenters. The van der Waals surface area contributed by atoms with Crippen LogP contribution < -0.4 is 5.48 Å². The van der Waals surface area contributed by atoms with Crippen LogP contribution in [0.25, 0.3) is 0 Å². The van der Waals surface area contributed by atoms with Gasteiger partial charge in [-0.15, -0.1) is 11.8 Å². The summed E-state index contributed by atoms with van der Waals surface area (Å²) in [4.78, 5) is 11.8. The van der Waals surface area contributed by atoms with Crippen LogP contribution >= 0.6 is 11.8 Å². The first-order valence-electron chi connectivity index (χ1n) is 4.52. The van der Waals surface area contributed by atoms with E-state index in [1.54, 1.807) is 17.8 Å².